The van der Waals surface area contributed by atoms with Gasteiger partial charge in [-0.05, 0) is 31.7 Å². The Morgan fingerprint density at radius 2 is 1.94 bits per heavy atom. The van der Waals surface area contributed by atoms with E-state index in [1.54, 1.807) is 0 Å². The summed E-state index contributed by atoms with van der Waals surface area (Å²) in [6.07, 6.45) is 1.66. The Morgan fingerprint density at radius 3 is 2.61 bits per heavy atom. The average Bonchev–Trinajstić information content (AvgIpc) is 3.33. The SMILES string of the molecule is Cc1cc(C)cc(CN2CCc3nnc(C(NC(=O)C4CCOC4)C(C)C)n3CC2)c1. The summed E-state index contributed by atoms with van der Waals surface area (Å²) in [5.74, 6) is 2.14. The van der Waals surface area contributed by atoms with Gasteiger partial charge in [0.15, 0.2) is 5.82 Å². The van der Waals surface area contributed by atoms with Crippen molar-refractivity contribution in [1.29, 1.82) is 0 Å². The van der Waals surface area contributed by atoms with Gasteiger partial charge in [0.05, 0.1) is 18.6 Å². The molecule has 7 nitrogen and oxygen atoms in total. The van der Waals surface area contributed by atoms with Crippen molar-refractivity contribution >= 4 is 5.91 Å². The molecule has 2 atom stereocenters. The molecule has 0 bridgehead atoms. The number of rotatable bonds is 6. The van der Waals surface area contributed by atoms with E-state index in [0.717, 1.165) is 50.7 Å². The molecule has 7 heteroatoms. The fraction of sp³-hybridized carbons (Fsp3) is 0.625. The molecule has 4 rings (SSSR count). The molecule has 1 amide bonds. The van der Waals surface area contributed by atoms with E-state index in [0.29, 0.717) is 13.2 Å². The summed E-state index contributed by atoms with van der Waals surface area (Å²) in [5.41, 5.74) is 3.99. The van der Waals surface area contributed by atoms with Crippen LogP contribution in [0.25, 0.3) is 0 Å². The molecule has 3 heterocycles. The summed E-state index contributed by atoms with van der Waals surface area (Å²) >= 11 is 0. The number of ether oxygens (including phenoxy) is 1. The second-order valence-corrected chi connectivity index (χ2v) is 9.44. The van der Waals surface area contributed by atoms with Crippen molar-refractivity contribution in [2.24, 2.45) is 11.8 Å². The predicted octanol–water partition coefficient (Wildman–Crippen LogP) is 2.80. The monoisotopic (exact) mass is 425 g/mol. The van der Waals surface area contributed by atoms with E-state index in [9.17, 15) is 4.79 Å². The highest BCUT2D eigenvalue weighted by Crippen LogP contribution is 2.24. The summed E-state index contributed by atoms with van der Waals surface area (Å²) in [7, 11) is 0. The number of hydrogen-bond donors (Lipinski definition) is 1. The molecule has 1 aromatic heterocycles. The van der Waals surface area contributed by atoms with Crippen molar-refractivity contribution in [2.75, 3.05) is 26.3 Å². The zero-order chi connectivity index (χ0) is 22.0. The highest BCUT2D eigenvalue weighted by Gasteiger charge is 2.31. The largest absolute Gasteiger partial charge is 0.381 e. The highest BCUT2D eigenvalue weighted by atomic mass is 16.5. The number of benzene rings is 1. The van der Waals surface area contributed by atoms with Gasteiger partial charge in [-0.3, -0.25) is 9.69 Å². The summed E-state index contributed by atoms with van der Waals surface area (Å²) in [6, 6.07) is 6.64. The molecule has 2 aliphatic rings. The van der Waals surface area contributed by atoms with Gasteiger partial charge in [0.1, 0.15) is 5.82 Å². The van der Waals surface area contributed by atoms with Crippen molar-refractivity contribution in [2.45, 2.75) is 59.7 Å². The molecule has 1 saturated heterocycles. The zero-order valence-corrected chi connectivity index (χ0v) is 19.2. The molecule has 2 unspecified atom stereocenters. The maximum absolute atomic E-state index is 12.7. The van der Waals surface area contributed by atoms with Crippen LogP contribution in [0.1, 0.15) is 54.6 Å². The fourth-order valence-corrected chi connectivity index (χ4v) is 4.74. The summed E-state index contributed by atoms with van der Waals surface area (Å²) in [6.45, 7) is 13.4. The molecule has 0 radical (unpaired) electrons. The van der Waals surface area contributed by atoms with Crippen LogP contribution in [-0.2, 0) is 29.0 Å². The van der Waals surface area contributed by atoms with Gasteiger partial charge in [-0.1, -0.05) is 43.2 Å². The normalized spacial score (nSPS) is 20.5. The van der Waals surface area contributed by atoms with Gasteiger partial charge in [0, 0.05) is 39.2 Å². The quantitative estimate of drug-likeness (QED) is 0.771. The zero-order valence-electron chi connectivity index (χ0n) is 19.2. The second kappa shape index (κ2) is 9.49. The maximum Gasteiger partial charge on any atom is 0.226 e. The van der Waals surface area contributed by atoms with Crippen molar-refractivity contribution in [1.82, 2.24) is 25.0 Å². The minimum absolute atomic E-state index is 0.0546. The lowest BCUT2D eigenvalue weighted by Gasteiger charge is -2.24. The van der Waals surface area contributed by atoms with Crippen LogP contribution in [-0.4, -0.2) is 51.9 Å². The van der Waals surface area contributed by atoms with Crippen LogP contribution < -0.4 is 5.32 Å². The van der Waals surface area contributed by atoms with Crippen LogP contribution in [0.15, 0.2) is 18.2 Å². The minimum atomic E-state index is -0.139. The number of nitrogens with zero attached hydrogens (tertiary/aromatic N) is 4. The van der Waals surface area contributed by atoms with Gasteiger partial charge in [-0.15, -0.1) is 10.2 Å². The van der Waals surface area contributed by atoms with Crippen LogP contribution in [0.2, 0.25) is 0 Å². The van der Waals surface area contributed by atoms with E-state index in [2.05, 4.69) is 70.9 Å². The van der Waals surface area contributed by atoms with Gasteiger partial charge in [0.2, 0.25) is 5.91 Å². The van der Waals surface area contributed by atoms with Gasteiger partial charge >= 0.3 is 0 Å². The number of carbonyl (C=O) groups excluding carboxylic acids is 1. The predicted molar refractivity (Wildman–Crippen MR) is 120 cm³/mol. The van der Waals surface area contributed by atoms with Crippen LogP contribution in [0.5, 0.6) is 0 Å². The van der Waals surface area contributed by atoms with Crippen molar-refractivity contribution in [3.8, 4) is 0 Å². The highest BCUT2D eigenvalue weighted by molar-refractivity contribution is 5.79. The fourth-order valence-electron chi connectivity index (χ4n) is 4.74. The summed E-state index contributed by atoms with van der Waals surface area (Å²) < 4.78 is 7.63. The number of aryl methyl sites for hydroxylation is 2. The molecule has 0 aliphatic carbocycles. The van der Waals surface area contributed by atoms with E-state index < -0.39 is 0 Å². The number of nitrogens with one attached hydrogen (secondary N) is 1. The molecule has 0 saturated carbocycles. The van der Waals surface area contributed by atoms with E-state index in [1.807, 2.05) is 0 Å². The molecule has 168 valence electrons. The maximum atomic E-state index is 12.7. The molecule has 2 aromatic rings. The molecule has 0 spiro atoms. The first-order valence-electron chi connectivity index (χ1n) is 11.5. The van der Waals surface area contributed by atoms with E-state index in [1.165, 1.54) is 16.7 Å². The molecular weight excluding hydrogens is 390 g/mol. The summed E-state index contributed by atoms with van der Waals surface area (Å²) in [5, 5.41) is 12.3. The van der Waals surface area contributed by atoms with Gasteiger partial charge in [-0.2, -0.15) is 0 Å². The van der Waals surface area contributed by atoms with Gasteiger partial charge in [0.25, 0.3) is 0 Å². The molecular formula is C24H35N5O2. The van der Waals surface area contributed by atoms with Crippen LogP contribution in [0.4, 0.5) is 0 Å². The molecule has 1 N–H and O–H groups in total. The van der Waals surface area contributed by atoms with Gasteiger partial charge in [-0.25, -0.2) is 0 Å². The van der Waals surface area contributed by atoms with Crippen molar-refractivity contribution < 1.29 is 9.53 Å². The standard InChI is InChI=1S/C24H35N5O2/c1-16(2)22(25-24(30)20-6-10-31-15-20)23-27-26-21-5-7-28(8-9-29(21)23)14-19-12-17(3)11-18(4)13-19/h11-13,16,20,22H,5-10,14-15H2,1-4H3,(H,25,30). The smallest absolute Gasteiger partial charge is 0.226 e. The molecule has 2 aliphatic heterocycles. The molecule has 1 fully saturated rings. The molecule has 1 aromatic carbocycles. The Balaban J connectivity index is 1.46. The van der Waals surface area contributed by atoms with Crippen LogP contribution >= 0.6 is 0 Å². The minimum Gasteiger partial charge on any atom is -0.381 e. The Morgan fingerprint density at radius 1 is 1.16 bits per heavy atom. The van der Waals surface area contributed by atoms with Crippen LogP contribution in [0.3, 0.4) is 0 Å². The number of carbonyl (C=O) groups is 1. The third-order valence-electron chi connectivity index (χ3n) is 6.38. The number of fused-ring (bicyclic) bond motifs is 1. The van der Waals surface area contributed by atoms with Crippen molar-refractivity contribution in [3.05, 3.63) is 46.5 Å². The Labute approximate surface area is 185 Å². The van der Waals surface area contributed by atoms with Crippen LogP contribution in [0, 0.1) is 25.7 Å². The third-order valence-corrected chi connectivity index (χ3v) is 6.38. The average molecular weight is 426 g/mol. The Hall–Kier alpha value is -2.25. The molecule has 31 heavy (non-hydrogen) atoms. The van der Waals surface area contributed by atoms with E-state index in [-0.39, 0.29) is 23.8 Å². The first-order valence-corrected chi connectivity index (χ1v) is 11.5. The van der Waals surface area contributed by atoms with E-state index >= 15 is 0 Å². The van der Waals surface area contributed by atoms with Gasteiger partial charge < -0.3 is 14.6 Å². The lowest BCUT2D eigenvalue weighted by Crippen LogP contribution is -2.38. The third kappa shape index (κ3) is 5.15. The Kier molecular flexibility index (Phi) is 6.72. The van der Waals surface area contributed by atoms with Crippen molar-refractivity contribution in [3.63, 3.8) is 0 Å². The first kappa shape index (κ1) is 22.0. The second-order valence-electron chi connectivity index (χ2n) is 9.44. The topological polar surface area (TPSA) is 72.3 Å². The lowest BCUT2D eigenvalue weighted by atomic mass is 10.0. The Bertz CT molecular complexity index is 896. The number of hydrogen-bond acceptors (Lipinski definition) is 5. The number of aromatic nitrogens is 3. The summed E-state index contributed by atoms with van der Waals surface area (Å²) in [4.78, 5) is 15.2. The lowest BCUT2D eigenvalue weighted by molar-refractivity contribution is -0.126. The van der Waals surface area contributed by atoms with E-state index in [4.69, 9.17) is 4.74 Å². The first-order chi connectivity index (χ1) is 14.9. The number of amides is 1.